The average Bonchev–Trinajstić information content (AvgIpc) is 2.82. The first-order valence-corrected chi connectivity index (χ1v) is 4.81. The van der Waals surface area contributed by atoms with Crippen LogP contribution in [0.4, 0.5) is 4.39 Å². The molecule has 0 saturated heterocycles. The van der Waals surface area contributed by atoms with Crippen LogP contribution in [-0.4, -0.2) is 16.3 Å². The summed E-state index contributed by atoms with van der Waals surface area (Å²) in [6.45, 7) is 3.36. The van der Waals surface area contributed by atoms with Gasteiger partial charge in [0.15, 0.2) is 0 Å². The third-order valence-electron chi connectivity index (χ3n) is 2.55. The fourth-order valence-electron chi connectivity index (χ4n) is 1.52. The zero-order chi connectivity index (χ0) is 10.3. The molecule has 0 aliphatic heterocycles. The summed E-state index contributed by atoms with van der Waals surface area (Å²) in [4.78, 5) is 4.07. The van der Waals surface area contributed by atoms with Crippen molar-refractivity contribution in [1.82, 2.24) is 4.98 Å². The first-order valence-electron chi connectivity index (χ1n) is 4.81. The number of halogens is 1. The van der Waals surface area contributed by atoms with E-state index in [0.29, 0.717) is 12.1 Å². The minimum atomic E-state index is -0.948. The Morgan fingerprint density at radius 2 is 2.21 bits per heavy atom. The molecular formula is C11H14FNO. The first-order chi connectivity index (χ1) is 6.48. The highest BCUT2D eigenvalue weighted by molar-refractivity contribution is 5.28. The van der Waals surface area contributed by atoms with E-state index < -0.39 is 11.8 Å². The van der Waals surface area contributed by atoms with Crippen LogP contribution in [0.5, 0.6) is 0 Å². The summed E-state index contributed by atoms with van der Waals surface area (Å²) in [5.41, 5.74) is 0.607. The molecule has 1 aliphatic rings. The summed E-state index contributed by atoms with van der Waals surface area (Å²) in [5, 5.41) is 9.73. The Kier molecular flexibility index (Phi) is 2.07. The first kappa shape index (κ1) is 9.59. The second kappa shape index (κ2) is 3.02. The van der Waals surface area contributed by atoms with Crippen molar-refractivity contribution in [2.45, 2.75) is 38.0 Å². The molecule has 1 aliphatic carbocycles. The highest BCUT2D eigenvalue weighted by atomic mass is 19.1. The van der Waals surface area contributed by atoms with E-state index in [1.165, 1.54) is 0 Å². The number of rotatable bonds is 2. The standard InChI is InChI=1S/C11H14FNO/c1-11(2,14)10-5-7(3-4-13-10)8-6-9(8)12/h3-5,8-9,14H,6H2,1-2H3. The highest BCUT2D eigenvalue weighted by Crippen LogP contribution is 2.43. The molecular weight excluding hydrogens is 181 g/mol. The van der Waals surface area contributed by atoms with Crippen molar-refractivity contribution in [2.24, 2.45) is 0 Å². The molecule has 0 bridgehead atoms. The zero-order valence-electron chi connectivity index (χ0n) is 8.37. The third-order valence-corrected chi connectivity index (χ3v) is 2.55. The minimum absolute atomic E-state index is 0.0269. The lowest BCUT2D eigenvalue weighted by molar-refractivity contribution is 0.0737. The molecule has 1 fully saturated rings. The van der Waals surface area contributed by atoms with Crippen molar-refractivity contribution in [3.05, 3.63) is 29.6 Å². The molecule has 2 atom stereocenters. The molecule has 0 aromatic carbocycles. The van der Waals surface area contributed by atoms with Gasteiger partial charge in [-0.3, -0.25) is 4.98 Å². The van der Waals surface area contributed by atoms with E-state index in [1.807, 2.05) is 6.07 Å². The van der Waals surface area contributed by atoms with Gasteiger partial charge in [0.1, 0.15) is 11.8 Å². The lowest BCUT2D eigenvalue weighted by Gasteiger charge is -2.16. The molecule has 1 N–H and O–H groups in total. The molecule has 1 aromatic rings. The van der Waals surface area contributed by atoms with Crippen molar-refractivity contribution in [3.8, 4) is 0 Å². The van der Waals surface area contributed by atoms with Crippen molar-refractivity contribution in [1.29, 1.82) is 0 Å². The summed E-state index contributed by atoms with van der Waals surface area (Å²) < 4.78 is 12.8. The van der Waals surface area contributed by atoms with Crippen LogP contribution in [0.15, 0.2) is 18.3 Å². The smallest absolute Gasteiger partial charge is 0.108 e. The van der Waals surface area contributed by atoms with Gasteiger partial charge in [0.05, 0.1) is 5.69 Å². The van der Waals surface area contributed by atoms with E-state index in [9.17, 15) is 9.50 Å². The molecule has 1 heterocycles. The molecule has 14 heavy (non-hydrogen) atoms. The summed E-state index contributed by atoms with van der Waals surface area (Å²) in [5.74, 6) is 0.0269. The van der Waals surface area contributed by atoms with E-state index in [0.717, 1.165) is 5.56 Å². The van der Waals surface area contributed by atoms with Crippen LogP contribution in [0.3, 0.4) is 0 Å². The number of nitrogens with zero attached hydrogens (tertiary/aromatic N) is 1. The number of aromatic nitrogens is 1. The van der Waals surface area contributed by atoms with E-state index in [1.54, 1.807) is 26.1 Å². The average molecular weight is 195 g/mol. The topological polar surface area (TPSA) is 33.1 Å². The van der Waals surface area contributed by atoms with Gasteiger partial charge in [-0.25, -0.2) is 4.39 Å². The monoisotopic (exact) mass is 195 g/mol. The molecule has 2 rings (SSSR count). The van der Waals surface area contributed by atoms with Gasteiger partial charge in [-0.2, -0.15) is 0 Å². The van der Waals surface area contributed by atoms with Crippen LogP contribution in [0.2, 0.25) is 0 Å². The maximum absolute atomic E-state index is 12.8. The van der Waals surface area contributed by atoms with E-state index >= 15 is 0 Å². The lowest BCUT2D eigenvalue weighted by Crippen LogP contribution is -2.17. The van der Waals surface area contributed by atoms with Crippen molar-refractivity contribution >= 4 is 0 Å². The van der Waals surface area contributed by atoms with E-state index in [4.69, 9.17) is 0 Å². The molecule has 1 aromatic heterocycles. The summed E-state index contributed by atoms with van der Waals surface area (Å²) in [6.07, 6.45) is 1.54. The van der Waals surface area contributed by atoms with Crippen LogP contribution in [0.25, 0.3) is 0 Å². The Labute approximate surface area is 82.8 Å². The summed E-state index contributed by atoms with van der Waals surface area (Å²) in [6, 6.07) is 3.61. The molecule has 1 saturated carbocycles. The van der Waals surface area contributed by atoms with E-state index in [-0.39, 0.29) is 5.92 Å². The zero-order valence-corrected chi connectivity index (χ0v) is 8.37. The predicted octanol–water partition coefficient (Wildman–Crippen LogP) is 2.13. The normalized spacial score (nSPS) is 26.3. The van der Waals surface area contributed by atoms with Crippen LogP contribution >= 0.6 is 0 Å². The van der Waals surface area contributed by atoms with Gasteiger partial charge in [0.2, 0.25) is 0 Å². The number of alkyl halides is 1. The van der Waals surface area contributed by atoms with Crippen molar-refractivity contribution in [2.75, 3.05) is 0 Å². The number of pyridine rings is 1. The molecule has 0 amide bonds. The van der Waals surface area contributed by atoms with Crippen LogP contribution in [0, 0.1) is 0 Å². The summed E-state index contributed by atoms with van der Waals surface area (Å²) in [7, 11) is 0. The Hall–Kier alpha value is -0.960. The SMILES string of the molecule is CC(C)(O)c1cc(C2CC2F)ccn1. The van der Waals surface area contributed by atoms with E-state index in [2.05, 4.69) is 4.98 Å². The van der Waals surface area contributed by atoms with Crippen LogP contribution < -0.4 is 0 Å². The van der Waals surface area contributed by atoms with Gasteiger partial charge in [0, 0.05) is 12.1 Å². The van der Waals surface area contributed by atoms with Gasteiger partial charge in [-0.05, 0) is 38.0 Å². The number of hydrogen-bond donors (Lipinski definition) is 1. The maximum Gasteiger partial charge on any atom is 0.108 e. The Morgan fingerprint density at radius 1 is 1.57 bits per heavy atom. The van der Waals surface area contributed by atoms with Crippen LogP contribution in [0.1, 0.15) is 37.4 Å². The third kappa shape index (κ3) is 1.77. The fourth-order valence-corrected chi connectivity index (χ4v) is 1.52. The number of hydrogen-bond acceptors (Lipinski definition) is 2. The Balaban J connectivity index is 2.28. The second-order valence-corrected chi connectivity index (χ2v) is 4.39. The molecule has 3 heteroatoms. The number of aliphatic hydroxyl groups is 1. The van der Waals surface area contributed by atoms with Gasteiger partial charge >= 0.3 is 0 Å². The molecule has 76 valence electrons. The predicted molar refractivity (Wildman–Crippen MR) is 51.7 cm³/mol. The molecule has 0 radical (unpaired) electrons. The highest BCUT2D eigenvalue weighted by Gasteiger charge is 2.39. The van der Waals surface area contributed by atoms with Gasteiger partial charge < -0.3 is 5.11 Å². The fraction of sp³-hybridized carbons (Fsp3) is 0.545. The summed E-state index contributed by atoms with van der Waals surface area (Å²) >= 11 is 0. The molecule has 2 unspecified atom stereocenters. The maximum atomic E-state index is 12.8. The molecule has 2 nitrogen and oxygen atoms in total. The van der Waals surface area contributed by atoms with Crippen LogP contribution in [-0.2, 0) is 5.60 Å². The van der Waals surface area contributed by atoms with Crippen molar-refractivity contribution in [3.63, 3.8) is 0 Å². The Morgan fingerprint density at radius 3 is 2.71 bits per heavy atom. The molecule has 0 spiro atoms. The largest absolute Gasteiger partial charge is 0.384 e. The quantitative estimate of drug-likeness (QED) is 0.784. The Bertz CT molecular complexity index is 345. The van der Waals surface area contributed by atoms with Gasteiger partial charge in [0.25, 0.3) is 0 Å². The van der Waals surface area contributed by atoms with Crippen molar-refractivity contribution < 1.29 is 9.50 Å². The van der Waals surface area contributed by atoms with Gasteiger partial charge in [-0.15, -0.1) is 0 Å². The lowest BCUT2D eigenvalue weighted by atomic mass is 10.0. The second-order valence-electron chi connectivity index (χ2n) is 4.39. The minimum Gasteiger partial charge on any atom is -0.384 e. The van der Waals surface area contributed by atoms with Gasteiger partial charge in [-0.1, -0.05) is 0 Å².